The van der Waals surface area contributed by atoms with E-state index in [1.807, 2.05) is 17.7 Å². The van der Waals surface area contributed by atoms with Crippen LogP contribution in [0.1, 0.15) is 11.1 Å². The summed E-state index contributed by atoms with van der Waals surface area (Å²) in [6, 6.07) is 0. The third-order valence-electron chi connectivity index (χ3n) is 2.07. The van der Waals surface area contributed by atoms with Crippen molar-refractivity contribution in [3.63, 3.8) is 0 Å². The molecule has 0 aliphatic carbocycles. The summed E-state index contributed by atoms with van der Waals surface area (Å²) < 4.78 is 0. The molecule has 2 amide bonds. The molecule has 88 valence electrons. The van der Waals surface area contributed by atoms with Crippen LogP contribution in [0, 0.1) is 6.92 Å². The van der Waals surface area contributed by atoms with E-state index in [-0.39, 0.29) is 24.9 Å². The van der Waals surface area contributed by atoms with Crippen LogP contribution in [-0.4, -0.2) is 24.9 Å². The number of carbonyl (C=O) groups is 2. The Morgan fingerprint density at radius 3 is 2.62 bits per heavy atom. The van der Waals surface area contributed by atoms with Crippen molar-refractivity contribution in [2.24, 2.45) is 5.73 Å². The van der Waals surface area contributed by atoms with Crippen molar-refractivity contribution in [1.82, 2.24) is 10.6 Å². The summed E-state index contributed by atoms with van der Waals surface area (Å²) >= 11 is 1.60. The van der Waals surface area contributed by atoms with E-state index in [0.717, 1.165) is 11.1 Å². The van der Waals surface area contributed by atoms with Gasteiger partial charge in [0, 0.05) is 6.54 Å². The van der Waals surface area contributed by atoms with Crippen LogP contribution in [0.2, 0.25) is 0 Å². The minimum Gasteiger partial charge on any atom is -0.350 e. The van der Waals surface area contributed by atoms with Gasteiger partial charge in [0.1, 0.15) is 0 Å². The summed E-state index contributed by atoms with van der Waals surface area (Å²) in [7, 11) is 0. The van der Waals surface area contributed by atoms with Crippen LogP contribution in [0.3, 0.4) is 0 Å². The summed E-state index contributed by atoms with van der Waals surface area (Å²) in [6.45, 7) is 2.36. The van der Waals surface area contributed by atoms with Gasteiger partial charge in [0.15, 0.2) is 0 Å². The van der Waals surface area contributed by atoms with Crippen molar-refractivity contribution in [2.45, 2.75) is 13.5 Å². The summed E-state index contributed by atoms with van der Waals surface area (Å²) in [6.07, 6.45) is 0. The van der Waals surface area contributed by atoms with Crippen LogP contribution < -0.4 is 16.4 Å². The molecule has 4 N–H and O–H groups in total. The maximum absolute atomic E-state index is 11.3. The smallest absolute Gasteiger partial charge is 0.239 e. The molecule has 0 aliphatic heterocycles. The Morgan fingerprint density at radius 2 is 2.06 bits per heavy atom. The van der Waals surface area contributed by atoms with Gasteiger partial charge in [0.05, 0.1) is 13.1 Å². The fraction of sp³-hybridized carbons (Fsp3) is 0.400. The Hall–Kier alpha value is -1.40. The van der Waals surface area contributed by atoms with Gasteiger partial charge < -0.3 is 16.4 Å². The van der Waals surface area contributed by atoms with Crippen LogP contribution in [0.25, 0.3) is 0 Å². The second kappa shape index (κ2) is 6.24. The lowest BCUT2D eigenvalue weighted by Crippen LogP contribution is -2.39. The molecule has 0 saturated carbocycles. The molecule has 0 aromatic carbocycles. The van der Waals surface area contributed by atoms with E-state index >= 15 is 0 Å². The lowest BCUT2D eigenvalue weighted by molar-refractivity contribution is -0.125. The predicted octanol–water partition coefficient (Wildman–Crippen LogP) is -0.252. The molecule has 1 aromatic heterocycles. The molecule has 0 unspecified atom stereocenters. The van der Waals surface area contributed by atoms with E-state index in [0.29, 0.717) is 6.54 Å². The van der Waals surface area contributed by atoms with Gasteiger partial charge in [0.25, 0.3) is 0 Å². The topological polar surface area (TPSA) is 84.2 Å². The lowest BCUT2D eigenvalue weighted by atomic mass is 10.2. The number of hydrogen-bond acceptors (Lipinski definition) is 4. The zero-order valence-electron chi connectivity index (χ0n) is 9.08. The maximum Gasteiger partial charge on any atom is 0.239 e. The zero-order valence-corrected chi connectivity index (χ0v) is 9.89. The van der Waals surface area contributed by atoms with Gasteiger partial charge in [-0.25, -0.2) is 0 Å². The fourth-order valence-corrected chi connectivity index (χ4v) is 1.93. The Bertz CT molecular complexity index is 376. The molecule has 0 aliphatic rings. The normalized spacial score (nSPS) is 9.88. The van der Waals surface area contributed by atoms with Gasteiger partial charge in [-0.1, -0.05) is 0 Å². The highest BCUT2D eigenvalue weighted by Gasteiger charge is 2.05. The van der Waals surface area contributed by atoms with Crippen LogP contribution in [-0.2, 0) is 16.1 Å². The number of rotatable bonds is 5. The van der Waals surface area contributed by atoms with E-state index in [9.17, 15) is 9.59 Å². The van der Waals surface area contributed by atoms with Crippen molar-refractivity contribution >= 4 is 23.2 Å². The number of thiophene rings is 1. The third kappa shape index (κ3) is 4.00. The van der Waals surface area contributed by atoms with Crippen LogP contribution in [0.5, 0.6) is 0 Å². The molecule has 0 saturated heterocycles. The second-order valence-electron chi connectivity index (χ2n) is 3.34. The summed E-state index contributed by atoms with van der Waals surface area (Å²) in [5, 5.41) is 9.14. The largest absolute Gasteiger partial charge is 0.350 e. The Kier molecular flexibility index (Phi) is 4.94. The zero-order chi connectivity index (χ0) is 12.0. The quantitative estimate of drug-likeness (QED) is 0.664. The van der Waals surface area contributed by atoms with Gasteiger partial charge in [-0.05, 0) is 28.8 Å². The average molecular weight is 241 g/mol. The second-order valence-corrected chi connectivity index (χ2v) is 4.08. The number of nitrogens with one attached hydrogen (secondary N) is 2. The van der Waals surface area contributed by atoms with Gasteiger partial charge in [-0.3, -0.25) is 9.59 Å². The van der Waals surface area contributed by atoms with Gasteiger partial charge in [-0.2, -0.15) is 11.3 Å². The van der Waals surface area contributed by atoms with Crippen molar-refractivity contribution in [2.75, 3.05) is 13.1 Å². The van der Waals surface area contributed by atoms with Crippen LogP contribution in [0.15, 0.2) is 10.8 Å². The molecule has 1 aromatic rings. The standard InChI is InChI=1S/C10H15N3O2S/c1-7-5-16-6-8(7)3-12-10(15)4-13-9(14)2-11/h5-6H,2-4,11H2,1H3,(H,12,15)(H,13,14). The Balaban J connectivity index is 2.25. The lowest BCUT2D eigenvalue weighted by Gasteiger charge is -2.05. The van der Waals surface area contributed by atoms with Crippen molar-refractivity contribution < 1.29 is 9.59 Å². The number of carbonyl (C=O) groups excluding carboxylic acids is 2. The predicted molar refractivity (Wildman–Crippen MR) is 63.0 cm³/mol. The first-order valence-electron chi connectivity index (χ1n) is 4.88. The molecule has 0 atom stereocenters. The molecule has 1 heterocycles. The van der Waals surface area contributed by atoms with Crippen LogP contribution in [0.4, 0.5) is 0 Å². The summed E-state index contributed by atoms with van der Waals surface area (Å²) in [5.41, 5.74) is 7.35. The van der Waals surface area contributed by atoms with Crippen molar-refractivity contribution in [3.05, 3.63) is 21.9 Å². The number of nitrogens with two attached hydrogens (primary N) is 1. The highest BCUT2D eigenvalue weighted by molar-refractivity contribution is 7.08. The number of amides is 2. The minimum absolute atomic E-state index is 0.0286. The molecular formula is C10H15N3O2S. The van der Waals surface area contributed by atoms with Crippen molar-refractivity contribution in [3.8, 4) is 0 Å². The number of hydrogen-bond donors (Lipinski definition) is 3. The highest BCUT2D eigenvalue weighted by atomic mass is 32.1. The Morgan fingerprint density at radius 1 is 1.31 bits per heavy atom. The first-order chi connectivity index (χ1) is 7.63. The Labute approximate surface area is 98.0 Å². The molecule has 0 fully saturated rings. The van der Waals surface area contributed by atoms with E-state index in [1.165, 1.54) is 0 Å². The SMILES string of the molecule is Cc1cscc1CNC(=O)CNC(=O)CN. The van der Waals surface area contributed by atoms with Crippen LogP contribution >= 0.6 is 11.3 Å². The number of aryl methyl sites for hydroxylation is 1. The monoisotopic (exact) mass is 241 g/mol. The fourth-order valence-electron chi connectivity index (χ4n) is 1.08. The minimum atomic E-state index is -0.332. The van der Waals surface area contributed by atoms with Crippen molar-refractivity contribution in [1.29, 1.82) is 0 Å². The molecule has 0 spiro atoms. The van der Waals surface area contributed by atoms with Gasteiger partial charge in [0.2, 0.25) is 11.8 Å². The van der Waals surface area contributed by atoms with E-state index in [1.54, 1.807) is 11.3 Å². The molecule has 6 heteroatoms. The first-order valence-corrected chi connectivity index (χ1v) is 5.83. The molecule has 5 nitrogen and oxygen atoms in total. The van der Waals surface area contributed by atoms with E-state index in [2.05, 4.69) is 10.6 Å². The highest BCUT2D eigenvalue weighted by Crippen LogP contribution is 2.12. The first kappa shape index (κ1) is 12.7. The summed E-state index contributed by atoms with van der Waals surface area (Å²) in [5.74, 6) is -0.547. The average Bonchev–Trinajstić information content (AvgIpc) is 2.69. The summed E-state index contributed by atoms with van der Waals surface area (Å²) in [4.78, 5) is 22.1. The van der Waals surface area contributed by atoms with E-state index in [4.69, 9.17) is 5.73 Å². The van der Waals surface area contributed by atoms with Gasteiger partial charge >= 0.3 is 0 Å². The van der Waals surface area contributed by atoms with E-state index < -0.39 is 0 Å². The molecule has 0 bridgehead atoms. The third-order valence-corrected chi connectivity index (χ3v) is 2.98. The molecular weight excluding hydrogens is 226 g/mol. The molecule has 1 rings (SSSR count). The molecule has 16 heavy (non-hydrogen) atoms. The van der Waals surface area contributed by atoms with Gasteiger partial charge in [-0.15, -0.1) is 0 Å². The maximum atomic E-state index is 11.3. The molecule has 0 radical (unpaired) electrons.